The zero-order chi connectivity index (χ0) is 22.0. The summed E-state index contributed by atoms with van der Waals surface area (Å²) in [6.45, 7) is 1.85. The molecule has 1 amide bonds. The Morgan fingerprint density at radius 2 is 2.03 bits per heavy atom. The number of hydrogen-bond donors (Lipinski definition) is 0. The molecule has 9 nitrogen and oxygen atoms in total. The summed E-state index contributed by atoms with van der Waals surface area (Å²) in [6, 6.07) is 12.7. The zero-order valence-corrected chi connectivity index (χ0v) is 16.9. The first-order valence-electron chi connectivity index (χ1n) is 9.50. The molecule has 0 unspecified atom stereocenters. The Labute approximate surface area is 177 Å². The number of anilines is 2. The van der Waals surface area contributed by atoms with E-state index >= 15 is 0 Å². The van der Waals surface area contributed by atoms with Crippen molar-refractivity contribution in [3.8, 4) is 6.07 Å². The molecule has 0 saturated carbocycles. The maximum atomic E-state index is 13.8. The Kier molecular flexibility index (Phi) is 5.20. The number of rotatable bonds is 5. The van der Waals surface area contributed by atoms with Crippen LogP contribution in [0.5, 0.6) is 0 Å². The van der Waals surface area contributed by atoms with E-state index in [1.54, 1.807) is 67.3 Å². The van der Waals surface area contributed by atoms with Gasteiger partial charge in [0, 0.05) is 37.4 Å². The molecule has 3 heterocycles. The van der Waals surface area contributed by atoms with Crippen LogP contribution in [-0.2, 0) is 11.8 Å². The predicted molar refractivity (Wildman–Crippen MR) is 112 cm³/mol. The Bertz CT molecular complexity index is 1320. The highest BCUT2D eigenvalue weighted by atomic mass is 16.5. The lowest BCUT2D eigenvalue weighted by Crippen LogP contribution is -2.30. The van der Waals surface area contributed by atoms with Crippen molar-refractivity contribution in [3.63, 3.8) is 0 Å². The summed E-state index contributed by atoms with van der Waals surface area (Å²) in [7, 11) is 1.57. The third-order valence-electron chi connectivity index (χ3n) is 4.72. The maximum Gasteiger partial charge on any atom is 0.342 e. The van der Waals surface area contributed by atoms with Gasteiger partial charge in [0.05, 0.1) is 24.1 Å². The van der Waals surface area contributed by atoms with Crippen molar-refractivity contribution in [2.75, 3.05) is 11.5 Å². The zero-order valence-electron chi connectivity index (χ0n) is 16.9. The number of aromatic nitrogens is 4. The van der Waals surface area contributed by atoms with E-state index in [-0.39, 0.29) is 23.4 Å². The number of aryl methyl sites for hydroxylation is 1. The monoisotopic (exact) mass is 414 g/mol. The summed E-state index contributed by atoms with van der Waals surface area (Å²) in [5, 5.41) is 13.9. The molecular formula is C22H18N6O3. The summed E-state index contributed by atoms with van der Waals surface area (Å²) >= 11 is 0. The van der Waals surface area contributed by atoms with Gasteiger partial charge in [-0.3, -0.25) is 14.4 Å². The minimum atomic E-state index is -0.642. The SMILES string of the molecule is CCOC(=O)c1cnn(C)c1C(=O)N(c1ccccc1)c1cc2nccn2cc1C#N. The number of ether oxygens (including phenoxy) is 1. The highest BCUT2D eigenvalue weighted by molar-refractivity contribution is 6.15. The molecule has 0 aliphatic carbocycles. The van der Waals surface area contributed by atoms with E-state index in [2.05, 4.69) is 16.2 Å². The minimum absolute atomic E-state index is 0.0504. The number of pyridine rings is 1. The van der Waals surface area contributed by atoms with Gasteiger partial charge in [-0.15, -0.1) is 0 Å². The molecule has 0 saturated heterocycles. The van der Waals surface area contributed by atoms with Crippen LogP contribution in [-0.4, -0.2) is 37.6 Å². The number of fused-ring (bicyclic) bond motifs is 1. The van der Waals surface area contributed by atoms with Crippen LogP contribution in [0.15, 0.2) is 61.2 Å². The van der Waals surface area contributed by atoms with E-state index in [1.807, 2.05) is 6.07 Å². The summed E-state index contributed by atoms with van der Waals surface area (Å²) in [5.74, 6) is -1.17. The Balaban J connectivity index is 1.93. The van der Waals surface area contributed by atoms with Crippen molar-refractivity contribution < 1.29 is 14.3 Å². The van der Waals surface area contributed by atoms with Crippen LogP contribution in [0.3, 0.4) is 0 Å². The van der Waals surface area contributed by atoms with Gasteiger partial charge in [0.1, 0.15) is 23.0 Å². The highest BCUT2D eigenvalue weighted by Gasteiger charge is 2.30. The molecule has 0 aliphatic rings. The Morgan fingerprint density at radius 1 is 1.26 bits per heavy atom. The summed E-state index contributed by atoms with van der Waals surface area (Å²) < 4.78 is 8.11. The molecule has 0 aliphatic heterocycles. The largest absolute Gasteiger partial charge is 0.462 e. The fraction of sp³-hybridized carbons (Fsp3) is 0.136. The first-order valence-corrected chi connectivity index (χ1v) is 9.50. The number of nitriles is 1. The van der Waals surface area contributed by atoms with Crippen molar-refractivity contribution >= 4 is 28.9 Å². The van der Waals surface area contributed by atoms with E-state index in [9.17, 15) is 14.9 Å². The lowest BCUT2D eigenvalue weighted by Gasteiger charge is -2.24. The van der Waals surface area contributed by atoms with Crippen molar-refractivity contribution in [1.82, 2.24) is 19.2 Å². The number of carbonyl (C=O) groups is 2. The molecular weight excluding hydrogens is 396 g/mol. The van der Waals surface area contributed by atoms with Crippen LogP contribution in [0.4, 0.5) is 11.4 Å². The number of nitrogens with zero attached hydrogens (tertiary/aromatic N) is 6. The second kappa shape index (κ2) is 8.12. The average molecular weight is 414 g/mol. The molecule has 4 rings (SSSR count). The number of para-hydroxylation sites is 1. The standard InChI is InChI=1S/C22H18N6O3/c1-3-31-22(30)17-13-25-26(2)20(17)21(29)28(16-7-5-4-6-8-16)18-11-19-24-9-10-27(19)14-15(18)12-23/h4-11,13-14H,3H2,1-2H3. The quantitative estimate of drug-likeness (QED) is 0.465. The van der Waals surface area contributed by atoms with E-state index in [0.29, 0.717) is 17.0 Å². The molecule has 154 valence electrons. The number of imidazole rings is 1. The van der Waals surface area contributed by atoms with E-state index in [4.69, 9.17) is 4.74 Å². The number of carbonyl (C=O) groups excluding carboxylic acids is 2. The third-order valence-corrected chi connectivity index (χ3v) is 4.72. The van der Waals surface area contributed by atoms with Gasteiger partial charge in [0.15, 0.2) is 0 Å². The van der Waals surface area contributed by atoms with Crippen LogP contribution >= 0.6 is 0 Å². The van der Waals surface area contributed by atoms with Gasteiger partial charge in [-0.1, -0.05) is 18.2 Å². The van der Waals surface area contributed by atoms with Crippen molar-refractivity contribution in [3.05, 3.63) is 78.0 Å². The minimum Gasteiger partial charge on any atom is -0.462 e. The fourth-order valence-corrected chi connectivity index (χ4v) is 3.32. The smallest absolute Gasteiger partial charge is 0.342 e. The van der Waals surface area contributed by atoms with Crippen LogP contribution in [0.1, 0.15) is 33.3 Å². The molecule has 0 atom stereocenters. The highest BCUT2D eigenvalue weighted by Crippen LogP contribution is 2.32. The topological polar surface area (TPSA) is 106 Å². The fourth-order valence-electron chi connectivity index (χ4n) is 3.32. The summed E-state index contributed by atoms with van der Waals surface area (Å²) in [6.07, 6.45) is 6.23. The average Bonchev–Trinajstić information content (AvgIpc) is 3.40. The molecule has 0 radical (unpaired) electrons. The lowest BCUT2D eigenvalue weighted by molar-refractivity contribution is 0.0523. The molecule has 0 bridgehead atoms. The Hall–Kier alpha value is -4.45. The molecule has 1 aromatic carbocycles. The molecule has 0 spiro atoms. The van der Waals surface area contributed by atoms with Crippen LogP contribution in [0.2, 0.25) is 0 Å². The number of amides is 1. The van der Waals surface area contributed by atoms with Gasteiger partial charge in [-0.2, -0.15) is 10.4 Å². The van der Waals surface area contributed by atoms with Crippen molar-refractivity contribution in [1.29, 1.82) is 5.26 Å². The molecule has 0 N–H and O–H groups in total. The summed E-state index contributed by atoms with van der Waals surface area (Å²) in [5.41, 5.74) is 1.80. The van der Waals surface area contributed by atoms with Gasteiger partial charge in [-0.25, -0.2) is 9.78 Å². The Morgan fingerprint density at radius 3 is 2.74 bits per heavy atom. The van der Waals surface area contributed by atoms with Crippen LogP contribution < -0.4 is 4.90 Å². The first kappa shape index (κ1) is 19.8. The van der Waals surface area contributed by atoms with Crippen LogP contribution in [0.25, 0.3) is 5.65 Å². The van der Waals surface area contributed by atoms with E-state index in [1.165, 1.54) is 15.8 Å². The molecule has 4 aromatic rings. The van der Waals surface area contributed by atoms with Gasteiger partial charge in [0.2, 0.25) is 0 Å². The first-order chi connectivity index (χ1) is 15.0. The summed E-state index contributed by atoms with van der Waals surface area (Å²) in [4.78, 5) is 31.9. The molecule has 9 heteroatoms. The van der Waals surface area contributed by atoms with E-state index < -0.39 is 11.9 Å². The second-order valence-corrected chi connectivity index (χ2v) is 6.60. The van der Waals surface area contributed by atoms with Crippen LogP contribution in [0, 0.1) is 11.3 Å². The van der Waals surface area contributed by atoms with Gasteiger partial charge in [-0.05, 0) is 19.1 Å². The number of esters is 1. The normalized spacial score (nSPS) is 10.6. The third kappa shape index (κ3) is 3.51. The van der Waals surface area contributed by atoms with Gasteiger partial charge in [0.25, 0.3) is 5.91 Å². The molecule has 3 aromatic heterocycles. The number of hydrogen-bond acceptors (Lipinski definition) is 6. The number of benzene rings is 1. The van der Waals surface area contributed by atoms with Crippen molar-refractivity contribution in [2.24, 2.45) is 7.05 Å². The second-order valence-electron chi connectivity index (χ2n) is 6.60. The van der Waals surface area contributed by atoms with Gasteiger partial charge < -0.3 is 9.14 Å². The van der Waals surface area contributed by atoms with Crippen molar-refractivity contribution in [2.45, 2.75) is 6.92 Å². The van der Waals surface area contributed by atoms with E-state index in [0.717, 1.165) is 0 Å². The molecule has 31 heavy (non-hydrogen) atoms. The maximum absolute atomic E-state index is 13.8. The predicted octanol–water partition coefficient (Wildman–Crippen LogP) is 3.09. The van der Waals surface area contributed by atoms with Gasteiger partial charge >= 0.3 is 5.97 Å². The lowest BCUT2D eigenvalue weighted by atomic mass is 10.1. The molecule has 0 fully saturated rings.